The quantitative estimate of drug-likeness (QED) is 0.201. The van der Waals surface area contributed by atoms with Crippen LogP contribution in [0.4, 0.5) is 38.9 Å². The molecule has 1 amide bonds. The van der Waals surface area contributed by atoms with Gasteiger partial charge in [0.05, 0.1) is 34.8 Å². The molecule has 228 valence electrons. The molecule has 3 aromatic rings. The van der Waals surface area contributed by atoms with Crippen LogP contribution >= 0.6 is 11.6 Å². The summed E-state index contributed by atoms with van der Waals surface area (Å²) in [6.07, 6.45) is 6.18. The number of benzene rings is 2. The topological polar surface area (TPSA) is 115 Å². The Bertz CT molecular complexity index is 1510. The van der Waals surface area contributed by atoms with Crippen LogP contribution in [-0.4, -0.2) is 65.2 Å². The van der Waals surface area contributed by atoms with Crippen molar-refractivity contribution in [3.63, 3.8) is 0 Å². The van der Waals surface area contributed by atoms with Crippen LogP contribution in [0.5, 0.6) is 5.75 Å². The largest absolute Gasteiger partial charge is 0.494 e. The summed E-state index contributed by atoms with van der Waals surface area (Å²) in [5.41, 5.74) is 1.42. The Labute approximate surface area is 255 Å². The minimum absolute atomic E-state index is 0.0908. The van der Waals surface area contributed by atoms with Crippen LogP contribution in [0.2, 0.25) is 5.02 Å². The summed E-state index contributed by atoms with van der Waals surface area (Å²) >= 11 is 6.04. The van der Waals surface area contributed by atoms with E-state index in [0.29, 0.717) is 40.2 Å². The number of ether oxygens (including phenoxy) is 1. The summed E-state index contributed by atoms with van der Waals surface area (Å²) in [5.74, 6) is 0.223. The Morgan fingerprint density at radius 1 is 1.19 bits per heavy atom. The Kier molecular flexibility index (Phi) is 9.05. The van der Waals surface area contributed by atoms with Gasteiger partial charge in [-0.3, -0.25) is 4.79 Å². The standard InChI is InChI=1S/C31H37ClFN7O3/c1-5-29(41)36-24-16-25(27(43-4)17-26(24)40-13-6-8-19(40)18-39-11-7-12-39)37-30-34-10-9-28(38-30)35-23-15-21(32)22(33)14-20(23)31(2,3)42/h5,9-10,14-17,19,42H,1,6-8,11-13,18H2,2-4H3,(H,36,41)(H2,34,35,37,38)/t19-/m1/s1. The van der Waals surface area contributed by atoms with E-state index < -0.39 is 11.4 Å². The van der Waals surface area contributed by atoms with Crippen LogP contribution in [0, 0.1) is 5.82 Å². The van der Waals surface area contributed by atoms with E-state index >= 15 is 0 Å². The zero-order valence-electron chi connectivity index (χ0n) is 24.6. The molecular weight excluding hydrogens is 573 g/mol. The fourth-order valence-electron chi connectivity index (χ4n) is 5.47. The van der Waals surface area contributed by atoms with Crippen molar-refractivity contribution >= 4 is 52.0 Å². The summed E-state index contributed by atoms with van der Waals surface area (Å²) in [5, 5.41) is 19.8. The fourth-order valence-corrected chi connectivity index (χ4v) is 5.63. The highest BCUT2D eigenvalue weighted by molar-refractivity contribution is 6.31. The van der Waals surface area contributed by atoms with Gasteiger partial charge in [0.1, 0.15) is 17.4 Å². The number of hydrogen-bond acceptors (Lipinski definition) is 9. The van der Waals surface area contributed by atoms with Crippen molar-refractivity contribution < 1.29 is 19.0 Å². The van der Waals surface area contributed by atoms with E-state index in [1.807, 2.05) is 12.1 Å². The van der Waals surface area contributed by atoms with E-state index in [1.165, 1.54) is 24.6 Å². The first-order valence-electron chi connectivity index (χ1n) is 14.3. The molecule has 0 bridgehead atoms. The van der Waals surface area contributed by atoms with Gasteiger partial charge < -0.3 is 35.6 Å². The second-order valence-electron chi connectivity index (χ2n) is 11.3. The second kappa shape index (κ2) is 12.7. The number of rotatable bonds is 11. The fraction of sp³-hybridized carbons (Fsp3) is 0.387. The van der Waals surface area contributed by atoms with Crippen LogP contribution in [0.25, 0.3) is 0 Å². The number of aliphatic hydroxyl groups is 1. The van der Waals surface area contributed by atoms with Crippen molar-refractivity contribution in [1.82, 2.24) is 14.9 Å². The molecule has 3 heterocycles. The Morgan fingerprint density at radius 2 is 1.98 bits per heavy atom. The first-order chi connectivity index (χ1) is 20.5. The van der Waals surface area contributed by atoms with Crippen LogP contribution in [0.3, 0.4) is 0 Å². The van der Waals surface area contributed by atoms with E-state index in [2.05, 4.69) is 42.3 Å². The number of hydrogen-bond donors (Lipinski definition) is 4. The number of nitrogens with one attached hydrogen (secondary N) is 3. The maximum absolute atomic E-state index is 14.2. The van der Waals surface area contributed by atoms with Crippen molar-refractivity contribution in [1.29, 1.82) is 0 Å². The lowest BCUT2D eigenvalue weighted by molar-refractivity contribution is -0.111. The van der Waals surface area contributed by atoms with Gasteiger partial charge in [-0.15, -0.1) is 0 Å². The van der Waals surface area contributed by atoms with Gasteiger partial charge in [0.15, 0.2) is 0 Å². The summed E-state index contributed by atoms with van der Waals surface area (Å²) < 4.78 is 20.0. The number of carbonyl (C=O) groups is 1. The molecule has 2 aliphatic heterocycles. The Morgan fingerprint density at radius 3 is 2.65 bits per heavy atom. The predicted octanol–water partition coefficient (Wildman–Crippen LogP) is 5.79. The molecule has 43 heavy (non-hydrogen) atoms. The van der Waals surface area contributed by atoms with E-state index in [0.717, 1.165) is 44.7 Å². The van der Waals surface area contributed by atoms with Gasteiger partial charge in [0.2, 0.25) is 11.9 Å². The third-order valence-corrected chi connectivity index (χ3v) is 8.04. The second-order valence-corrected chi connectivity index (χ2v) is 11.7. The monoisotopic (exact) mass is 609 g/mol. The highest BCUT2D eigenvalue weighted by Crippen LogP contribution is 2.41. The molecule has 0 aliphatic carbocycles. The normalized spacial score (nSPS) is 16.9. The van der Waals surface area contributed by atoms with Crippen LogP contribution in [-0.2, 0) is 10.4 Å². The van der Waals surface area contributed by atoms with Gasteiger partial charge in [0.25, 0.3) is 0 Å². The minimum Gasteiger partial charge on any atom is -0.494 e. The molecule has 5 rings (SSSR count). The van der Waals surface area contributed by atoms with Gasteiger partial charge in [-0.2, -0.15) is 4.98 Å². The van der Waals surface area contributed by atoms with E-state index in [-0.39, 0.29) is 16.9 Å². The van der Waals surface area contributed by atoms with Gasteiger partial charge in [-0.1, -0.05) is 18.2 Å². The molecule has 2 aromatic carbocycles. The SMILES string of the molecule is C=CC(=O)Nc1cc(Nc2nccc(Nc3cc(Cl)c(F)cc3C(C)(C)O)n2)c(OC)cc1N1CCC[C@@H]1CN1CCC1. The van der Waals surface area contributed by atoms with Crippen molar-refractivity contribution in [2.75, 3.05) is 54.1 Å². The smallest absolute Gasteiger partial charge is 0.247 e. The van der Waals surface area contributed by atoms with Crippen molar-refractivity contribution in [3.05, 3.63) is 65.6 Å². The van der Waals surface area contributed by atoms with Gasteiger partial charge in [-0.05, 0) is 76.5 Å². The number of amides is 1. The highest BCUT2D eigenvalue weighted by atomic mass is 35.5. The van der Waals surface area contributed by atoms with Gasteiger partial charge in [0, 0.05) is 42.6 Å². The molecule has 1 aromatic heterocycles. The number of carbonyl (C=O) groups excluding carboxylic acids is 1. The summed E-state index contributed by atoms with van der Waals surface area (Å²) in [7, 11) is 1.59. The predicted molar refractivity (Wildman–Crippen MR) is 168 cm³/mol. The molecule has 0 spiro atoms. The number of likely N-dealkylation sites (tertiary alicyclic amines) is 1. The zero-order chi connectivity index (χ0) is 30.7. The molecule has 0 unspecified atom stereocenters. The summed E-state index contributed by atoms with van der Waals surface area (Å²) in [6, 6.07) is 8.31. The highest BCUT2D eigenvalue weighted by Gasteiger charge is 2.31. The third kappa shape index (κ3) is 7.01. The van der Waals surface area contributed by atoms with Crippen LogP contribution in [0.15, 0.2) is 49.2 Å². The van der Waals surface area contributed by atoms with E-state index in [4.69, 9.17) is 16.3 Å². The van der Waals surface area contributed by atoms with Crippen molar-refractivity contribution in [2.45, 2.75) is 44.8 Å². The molecule has 2 fully saturated rings. The Balaban J connectivity index is 1.45. The lowest BCUT2D eigenvalue weighted by Crippen LogP contribution is -2.46. The number of methoxy groups -OCH3 is 1. The maximum Gasteiger partial charge on any atom is 0.247 e. The van der Waals surface area contributed by atoms with Gasteiger partial charge >= 0.3 is 0 Å². The summed E-state index contributed by atoms with van der Waals surface area (Å²) in [4.78, 5) is 26.2. The number of aromatic nitrogens is 2. The Hall–Kier alpha value is -3.93. The van der Waals surface area contributed by atoms with Gasteiger partial charge in [-0.25, -0.2) is 9.37 Å². The molecule has 1 atom stereocenters. The van der Waals surface area contributed by atoms with Crippen LogP contribution in [0.1, 0.15) is 38.7 Å². The zero-order valence-corrected chi connectivity index (χ0v) is 25.3. The maximum atomic E-state index is 14.2. The summed E-state index contributed by atoms with van der Waals surface area (Å²) in [6.45, 7) is 10.8. The minimum atomic E-state index is -1.34. The van der Waals surface area contributed by atoms with E-state index in [1.54, 1.807) is 33.2 Å². The third-order valence-electron chi connectivity index (χ3n) is 7.75. The first kappa shape index (κ1) is 30.5. The number of halogens is 2. The molecule has 0 radical (unpaired) electrons. The molecule has 2 aliphatic rings. The lowest BCUT2D eigenvalue weighted by Gasteiger charge is -2.37. The molecule has 0 saturated carbocycles. The molecule has 10 nitrogen and oxygen atoms in total. The first-order valence-corrected chi connectivity index (χ1v) is 14.7. The number of anilines is 6. The lowest BCUT2D eigenvalue weighted by atomic mass is 9.96. The van der Waals surface area contributed by atoms with Crippen molar-refractivity contribution in [2.24, 2.45) is 0 Å². The van der Waals surface area contributed by atoms with Crippen LogP contribution < -0.4 is 25.6 Å². The van der Waals surface area contributed by atoms with E-state index in [9.17, 15) is 14.3 Å². The van der Waals surface area contributed by atoms with Crippen molar-refractivity contribution in [3.8, 4) is 5.75 Å². The molecule has 12 heteroatoms. The molecular formula is C31H37ClFN7O3. The average molecular weight is 610 g/mol. The number of nitrogens with zero attached hydrogens (tertiary/aromatic N) is 4. The average Bonchev–Trinajstić information content (AvgIpc) is 3.40. The molecule has 4 N–H and O–H groups in total. The molecule has 2 saturated heterocycles.